The number of hydrogen-bond acceptors (Lipinski definition) is 3. The fourth-order valence-electron chi connectivity index (χ4n) is 3.66. The molecule has 0 aliphatic heterocycles. The number of rotatable bonds is 11. The van der Waals surface area contributed by atoms with Crippen LogP contribution < -0.4 is 5.32 Å². The SMILES string of the molecule is CCNC(=O)C(Cc1ccccc1)N(Cc1ccc(F)cc1)C(=O)CSCc1ccc(C)cc1. The predicted molar refractivity (Wildman–Crippen MR) is 137 cm³/mol. The molecule has 0 aliphatic carbocycles. The summed E-state index contributed by atoms with van der Waals surface area (Å²) in [5.41, 5.74) is 4.10. The third-order valence-corrected chi connectivity index (χ3v) is 6.49. The van der Waals surface area contributed by atoms with E-state index in [9.17, 15) is 14.0 Å². The Labute approximate surface area is 205 Å². The Hall–Kier alpha value is -3.12. The largest absolute Gasteiger partial charge is 0.355 e. The van der Waals surface area contributed by atoms with Gasteiger partial charge in [0.15, 0.2) is 0 Å². The van der Waals surface area contributed by atoms with E-state index in [1.807, 2.05) is 44.2 Å². The maximum absolute atomic E-state index is 13.5. The lowest BCUT2D eigenvalue weighted by atomic mass is 10.0. The molecular weight excluding hydrogens is 447 g/mol. The Morgan fingerprint density at radius 1 is 0.912 bits per heavy atom. The minimum absolute atomic E-state index is 0.117. The lowest BCUT2D eigenvalue weighted by molar-refractivity contribution is -0.139. The Bertz CT molecular complexity index is 1060. The number of amides is 2. The molecule has 0 aliphatic rings. The van der Waals surface area contributed by atoms with Crippen LogP contribution in [0.2, 0.25) is 0 Å². The highest BCUT2D eigenvalue weighted by atomic mass is 32.2. The van der Waals surface area contributed by atoms with Gasteiger partial charge in [0, 0.05) is 25.3 Å². The minimum atomic E-state index is -0.667. The van der Waals surface area contributed by atoms with Crippen molar-refractivity contribution in [1.29, 1.82) is 0 Å². The molecule has 0 heterocycles. The fourth-order valence-corrected chi connectivity index (χ4v) is 4.53. The van der Waals surface area contributed by atoms with Crippen LogP contribution in [0, 0.1) is 12.7 Å². The van der Waals surface area contributed by atoms with Gasteiger partial charge >= 0.3 is 0 Å². The Kier molecular flexibility index (Phi) is 9.71. The lowest BCUT2D eigenvalue weighted by Gasteiger charge is -2.31. The topological polar surface area (TPSA) is 49.4 Å². The van der Waals surface area contributed by atoms with Gasteiger partial charge in [0.25, 0.3) is 0 Å². The summed E-state index contributed by atoms with van der Waals surface area (Å²) in [6.07, 6.45) is 0.405. The second kappa shape index (κ2) is 12.9. The Balaban J connectivity index is 1.81. The van der Waals surface area contributed by atoms with E-state index in [-0.39, 0.29) is 29.9 Å². The summed E-state index contributed by atoms with van der Waals surface area (Å²) in [5, 5.41) is 2.88. The van der Waals surface area contributed by atoms with Crippen LogP contribution in [0.15, 0.2) is 78.9 Å². The zero-order valence-electron chi connectivity index (χ0n) is 19.7. The van der Waals surface area contributed by atoms with Gasteiger partial charge in [0.05, 0.1) is 5.75 Å². The normalized spacial score (nSPS) is 11.6. The maximum Gasteiger partial charge on any atom is 0.243 e. The molecule has 34 heavy (non-hydrogen) atoms. The molecule has 0 saturated heterocycles. The van der Waals surface area contributed by atoms with Crippen LogP contribution in [0.25, 0.3) is 0 Å². The molecular formula is C28H31FN2O2S. The van der Waals surface area contributed by atoms with Crippen LogP contribution in [0.4, 0.5) is 4.39 Å². The molecule has 3 aromatic rings. The summed E-state index contributed by atoms with van der Waals surface area (Å²) >= 11 is 1.53. The molecule has 1 unspecified atom stereocenters. The minimum Gasteiger partial charge on any atom is -0.355 e. The smallest absolute Gasteiger partial charge is 0.243 e. The van der Waals surface area contributed by atoms with Crippen molar-refractivity contribution < 1.29 is 14.0 Å². The fraction of sp³-hybridized carbons (Fsp3) is 0.286. The van der Waals surface area contributed by atoms with E-state index in [1.54, 1.807) is 17.0 Å². The van der Waals surface area contributed by atoms with Gasteiger partial charge in [0.2, 0.25) is 11.8 Å². The number of nitrogens with one attached hydrogen (secondary N) is 1. The number of carbonyl (C=O) groups excluding carboxylic acids is 2. The van der Waals surface area contributed by atoms with E-state index in [1.165, 1.54) is 29.5 Å². The summed E-state index contributed by atoms with van der Waals surface area (Å²) < 4.78 is 13.5. The van der Waals surface area contributed by atoms with Crippen molar-refractivity contribution in [3.8, 4) is 0 Å². The van der Waals surface area contributed by atoms with E-state index >= 15 is 0 Å². The van der Waals surface area contributed by atoms with Gasteiger partial charge in [-0.2, -0.15) is 0 Å². The first-order valence-electron chi connectivity index (χ1n) is 11.4. The molecule has 0 aromatic heterocycles. The van der Waals surface area contributed by atoms with Gasteiger partial charge < -0.3 is 10.2 Å². The first kappa shape index (κ1) is 25.5. The third kappa shape index (κ3) is 7.73. The average molecular weight is 479 g/mol. The Morgan fingerprint density at radius 3 is 2.21 bits per heavy atom. The van der Waals surface area contributed by atoms with Crippen molar-refractivity contribution in [3.05, 3.63) is 107 Å². The van der Waals surface area contributed by atoms with Gasteiger partial charge in [-0.1, -0.05) is 72.3 Å². The number of nitrogens with zero attached hydrogens (tertiary/aromatic N) is 1. The van der Waals surface area contributed by atoms with E-state index in [0.29, 0.717) is 18.7 Å². The van der Waals surface area contributed by atoms with Crippen LogP contribution in [0.1, 0.15) is 29.2 Å². The summed E-state index contributed by atoms with van der Waals surface area (Å²) in [4.78, 5) is 28.2. The molecule has 3 aromatic carbocycles. The highest BCUT2D eigenvalue weighted by Gasteiger charge is 2.30. The summed E-state index contributed by atoms with van der Waals surface area (Å²) in [6.45, 7) is 4.62. The van der Waals surface area contributed by atoms with Gasteiger partial charge in [-0.15, -0.1) is 11.8 Å². The Morgan fingerprint density at radius 2 is 1.56 bits per heavy atom. The van der Waals surface area contributed by atoms with Crippen LogP contribution in [-0.4, -0.2) is 35.1 Å². The van der Waals surface area contributed by atoms with Crippen molar-refractivity contribution in [2.24, 2.45) is 0 Å². The second-order valence-corrected chi connectivity index (χ2v) is 9.21. The summed E-state index contributed by atoms with van der Waals surface area (Å²) in [5.74, 6) is 0.319. The van der Waals surface area contributed by atoms with Crippen molar-refractivity contribution in [2.75, 3.05) is 12.3 Å². The number of likely N-dealkylation sites (N-methyl/N-ethyl adjacent to an activating group) is 1. The monoisotopic (exact) mass is 478 g/mol. The molecule has 0 fully saturated rings. The number of halogens is 1. The zero-order chi connectivity index (χ0) is 24.3. The first-order valence-corrected chi connectivity index (χ1v) is 12.6. The molecule has 6 heteroatoms. The molecule has 1 atom stereocenters. The van der Waals surface area contributed by atoms with E-state index < -0.39 is 6.04 Å². The maximum atomic E-state index is 13.5. The van der Waals surface area contributed by atoms with Crippen LogP contribution in [0.5, 0.6) is 0 Å². The molecule has 0 radical (unpaired) electrons. The van der Waals surface area contributed by atoms with Crippen LogP contribution in [0.3, 0.4) is 0 Å². The highest BCUT2D eigenvalue weighted by molar-refractivity contribution is 7.99. The number of aryl methyl sites for hydroxylation is 1. The zero-order valence-corrected chi connectivity index (χ0v) is 20.5. The standard InChI is InChI=1S/C28H31FN2O2S/c1-3-30-28(33)26(17-22-7-5-4-6-8-22)31(18-23-13-15-25(29)16-14-23)27(32)20-34-19-24-11-9-21(2)10-12-24/h4-16,26H,3,17-20H2,1-2H3,(H,30,33). The van der Waals surface area contributed by atoms with Crippen molar-refractivity contribution in [3.63, 3.8) is 0 Å². The lowest BCUT2D eigenvalue weighted by Crippen LogP contribution is -2.51. The van der Waals surface area contributed by atoms with Crippen molar-refractivity contribution in [1.82, 2.24) is 10.2 Å². The predicted octanol–water partition coefficient (Wildman–Crippen LogP) is 5.14. The van der Waals surface area contributed by atoms with Gasteiger partial charge in [0.1, 0.15) is 11.9 Å². The van der Waals surface area contributed by atoms with Gasteiger partial charge in [-0.25, -0.2) is 4.39 Å². The van der Waals surface area contributed by atoms with Crippen molar-refractivity contribution >= 4 is 23.6 Å². The number of benzene rings is 3. The van der Waals surface area contributed by atoms with Crippen LogP contribution >= 0.6 is 11.8 Å². The number of carbonyl (C=O) groups is 2. The average Bonchev–Trinajstić information content (AvgIpc) is 2.84. The first-order chi connectivity index (χ1) is 16.5. The van der Waals surface area contributed by atoms with E-state index in [0.717, 1.165) is 16.7 Å². The second-order valence-electron chi connectivity index (χ2n) is 8.23. The number of hydrogen-bond donors (Lipinski definition) is 1. The van der Waals surface area contributed by atoms with E-state index in [4.69, 9.17) is 0 Å². The third-order valence-electron chi connectivity index (χ3n) is 5.50. The molecule has 0 saturated carbocycles. The van der Waals surface area contributed by atoms with E-state index in [2.05, 4.69) is 29.6 Å². The molecule has 2 amide bonds. The van der Waals surface area contributed by atoms with Crippen LogP contribution in [-0.2, 0) is 28.3 Å². The molecule has 0 spiro atoms. The van der Waals surface area contributed by atoms with Gasteiger partial charge in [-0.05, 0) is 42.7 Å². The molecule has 4 nitrogen and oxygen atoms in total. The quantitative estimate of drug-likeness (QED) is 0.415. The van der Waals surface area contributed by atoms with Crippen molar-refractivity contribution in [2.45, 2.75) is 38.6 Å². The molecule has 0 bridgehead atoms. The summed E-state index contributed by atoms with van der Waals surface area (Å²) in [6, 6.07) is 23.3. The summed E-state index contributed by atoms with van der Waals surface area (Å²) in [7, 11) is 0. The van der Waals surface area contributed by atoms with Gasteiger partial charge in [-0.3, -0.25) is 9.59 Å². The molecule has 3 rings (SSSR count). The number of thioether (sulfide) groups is 1. The molecule has 178 valence electrons. The highest BCUT2D eigenvalue weighted by Crippen LogP contribution is 2.19. The molecule has 1 N–H and O–H groups in total.